The molecule has 0 spiro atoms. The van der Waals surface area contributed by atoms with E-state index in [0.29, 0.717) is 16.5 Å². The largest absolute Gasteiger partial charge is 0.488 e. The maximum Gasteiger partial charge on any atom is 0.259 e. The molecular formula is C18H15F2N3O3S. The Morgan fingerprint density at radius 3 is 2.74 bits per heavy atom. The van der Waals surface area contributed by atoms with Crippen molar-refractivity contribution in [2.75, 3.05) is 6.61 Å². The number of hydrogen-bond acceptors (Lipinski definition) is 4. The Morgan fingerprint density at radius 1 is 1.22 bits per heavy atom. The maximum atomic E-state index is 13.5. The molecule has 0 saturated carbocycles. The summed E-state index contributed by atoms with van der Waals surface area (Å²) in [5, 5.41) is 3.08. The molecule has 27 heavy (non-hydrogen) atoms. The lowest BCUT2D eigenvalue weighted by Gasteiger charge is -2.15. The standard InChI is InChI=1S/C18H15F2N3O3S/c1-9(8-26-15-5-3-11(19)7-13(15)20)21-16(24)10-2-4-12-14(6-10)22-18(27)23-17(12)25/h2-7,9H,8H2,1H3,(H,21,24)(H2,22,23,25,27)/t9-/m1/s1. The first-order valence-corrected chi connectivity index (χ1v) is 8.39. The van der Waals surface area contributed by atoms with Crippen molar-refractivity contribution in [3.63, 3.8) is 0 Å². The number of carbonyl (C=O) groups is 1. The van der Waals surface area contributed by atoms with Gasteiger partial charge in [0.25, 0.3) is 11.5 Å². The van der Waals surface area contributed by atoms with Gasteiger partial charge in [0, 0.05) is 11.6 Å². The number of amides is 1. The summed E-state index contributed by atoms with van der Waals surface area (Å²) in [4.78, 5) is 29.5. The van der Waals surface area contributed by atoms with Crippen LogP contribution in [0.25, 0.3) is 10.9 Å². The monoisotopic (exact) mass is 391 g/mol. The van der Waals surface area contributed by atoms with Crippen LogP contribution in [0.4, 0.5) is 8.78 Å². The number of benzene rings is 2. The SMILES string of the molecule is C[C@H](COc1ccc(F)cc1F)NC(=O)c1ccc2c(=O)[nH]c(=S)[nH]c2c1. The normalized spacial score (nSPS) is 12.0. The van der Waals surface area contributed by atoms with Crippen LogP contribution in [0, 0.1) is 16.4 Å². The molecule has 0 unspecified atom stereocenters. The Labute approximate surface area is 157 Å². The smallest absolute Gasteiger partial charge is 0.259 e. The van der Waals surface area contributed by atoms with Crippen molar-refractivity contribution in [3.8, 4) is 5.75 Å². The van der Waals surface area contributed by atoms with Crippen molar-refractivity contribution in [2.24, 2.45) is 0 Å². The summed E-state index contributed by atoms with van der Waals surface area (Å²) < 4.78 is 31.9. The van der Waals surface area contributed by atoms with Crippen LogP contribution < -0.4 is 15.6 Å². The lowest BCUT2D eigenvalue weighted by Crippen LogP contribution is -2.36. The van der Waals surface area contributed by atoms with E-state index in [1.54, 1.807) is 6.92 Å². The highest BCUT2D eigenvalue weighted by Gasteiger charge is 2.13. The van der Waals surface area contributed by atoms with Crippen LogP contribution in [-0.2, 0) is 0 Å². The van der Waals surface area contributed by atoms with Gasteiger partial charge in [-0.25, -0.2) is 8.78 Å². The highest BCUT2D eigenvalue weighted by Crippen LogP contribution is 2.17. The third kappa shape index (κ3) is 4.37. The van der Waals surface area contributed by atoms with Gasteiger partial charge in [-0.3, -0.25) is 14.6 Å². The van der Waals surface area contributed by atoms with E-state index in [-0.39, 0.29) is 22.7 Å². The number of halogens is 2. The van der Waals surface area contributed by atoms with Crippen molar-refractivity contribution < 1.29 is 18.3 Å². The van der Waals surface area contributed by atoms with Crippen molar-refractivity contribution >= 4 is 29.0 Å². The molecule has 0 fully saturated rings. The molecule has 0 radical (unpaired) electrons. The van der Waals surface area contributed by atoms with Gasteiger partial charge in [-0.1, -0.05) is 0 Å². The first-order valence-electron chi connectivity index (χ1n) is 7.98. The summed E-state index contributed by atoms with van der Waals surface area (Å²) in [7, 11) is 0. The molecule has 0 bridgehead atoms. The minimum Gasteiger partial charge on any atom is -0.488 e. The van der Waals surface area contributed by atoms with Gasteiger partial charge in [0.2, 0.25) is 0 Å². The Kier molecular flexibility index (Phi) is 5.31. The zero-order valence-corrected chi connectivity index (χ0v) is 15.0. The second-order valence-electron chi connectivity index (χ2n) is 5.93. The Morgan fingerprint density at radius 2 is 2.00 bits per heavy atom. The fraction of sp³-hybridized carbons (Fsp3) is 0.167. The molecule has 2 aromatic carbocycles. The van der Waals surface area contributed by atoms with E-state index in [9.17, 15) is 18.4 Å². The molecule has 1 atom stereocenters. The van der Waals surface area contributed by atoms with Crippen LogP contribution in [0.3, 0.4) is 0 Å². The van der Waals surface area contributed by atoms with E-state index in [2.05, 4.69) is 15.3 Å². The van der Waals surface area contributed by atoms with E-state index in [1.807, 2.05) is 0 Å². The molecule has 3 N–H and O–H groups in total. The van der Waals surface area contributed by atoms with Crippen molar-refractivity contribution in [1.82, 2.24) is 15.3 Å². The Bertz CT molecular complexity index is 1130. The zero-order chi connectivity index (χ0) is 19.6. The summed E-state index contributed by atoms with van der Waals surface area (Å²) in [6.45, 7) is 1.67. The minimum absolute atomic E-state index is 0.00995. The van der Waals surface area contributed by atoms with Gasteiger partial charge in [0.05, 0.1) is 16.9 Å². The molecule has 0 aliphatic rings. The molecule has 1 amide bonds. The number of rotatable bonds is 5. The topological polar surface area (TPSA) is 87.0 Å². The van der Waals surface area contributed by atoms with E-state index >= 15 is 0 Å². The highest BCUT2D eigenvalue weighted by atomic mass is 32.1. The number of aromatic nitrogens is 2. The lowest BCUT2D eigenvalue weighted by atomic mass is 10.1. The van der Waals surface area contributed by atoms with Gasteiger partial charge in [-0.05, 0) is 49.5 Å². The summed E-state index contributed by atoms with van der Waals surface area (Å²) in [5.74, 6) is -2.01. The van der Waals surface area contributed by atoms with E-state index in [4.69, 9.17) is 17.0 Å². The number of hydrogen-bond donors (Lipinski definition) is 3. The van der Waals surface area contributed by atoms with Crippen LogP contribution >= 0.6 is 12.2 Å². The molecule has 0 saturated heterocycles. The molecule has 6 nitrogen and oxygen atoms in total. The van der Waals surface area contributed by atoms with Crippen LogP contribution in [0.2, 0.25) is 0 Å². The van der Waals surface area contributed by atoms with Crippen LogP contribution in [0.1, 0.15) is 17.3 Å². The lowest BCUT2D eigenvalue weighted by molar-refractivity contribution is 0.0926. The zero-order valence-electron chi connectivity index (χ0n) is 14.1. The maximum absolute atomic E-state index is 13.5. The van der Waals surface area contributed by atoms with Gasteiger partial charge >= 0.3 is 0 Å². The molecule has 3 aromatic rings. The Hall–Kier alpha value is -3.07. The van der Waals surface area contributed by atoms with E-state index < -0.39 is 23.6 Å². The second kappa shape index (κ2) is 7.67. The average molecular weight is 391 g/mol. The number of H-pyrrole nitrogens is 2. The quantitative estimate of drug-likeness (QED) is 0.584. The first-order chi connectivity index (χ1) is 12.8. The second-order valence-corrected chi connectivity index (χ2v) is 6.34. The van der Waals surface area contributed by atoms with Gasteiger partial charge in [-0.2, -0.15) is 0 Å². The molecule has 9 heteroatoms. The van der Waals surface area contributed by atoms with Crippen LogP contribution in [0.5, 0.6) is 5.75 Å². The van der Waals surface area contributed by atoms with Crippen molar-refractivity contribution in [1.29, 1.82) is 0 Å². The van der Waals surface area contributed by atoms with Crippen molar-refractivity contribution in [2.45, 2.75) is 13.0 Å². The molecule has 0 aliphatic carbocycles. The highest BCUT2D eigenvalue weighted by molar-refractivity contribution is 7.71. The fourth-order valence-corrected chi connectivity index (χ4v) is 2.67. The van der Waals surface area contributed by atoms with Crippen LogP contribution in [0.15, 0.2) is 41.2 Å². The number of fused-ring (bicyclic) bond motifs is 1. The van der Waals surface area contributed by atoms with Crippen LogP contribution in [-0.4, -0.2) is 28.5 Å². The number of carbonyl (C=O) groups excluding carboxylic acids is 1. The number of aromatic amines is 2. The fourth-order valence-electron chi connectivity index (χ4n) is 2.47. The molecular weight excluding hydrogens is 376 g/mol. The average Bonchev–Trinajstić information content (AvgIpc) is 2.60. The van der Waals surface area contributed by atoms with E-state index in [1.165, 1.54) is 24.3 Å². The van der Waals surface area contributed by atoms with Gasteiger partial charge < -0.3 is 15.0 Å². The summed E-state index contributed by atoms with van der Waals surface area (Å²) in [6.07, 6.45) is 0. The predicted molar refractivity (Wildman–Crippen MR) is 98.5 cm³/mol. The third-order valence-electron chi connectivity index (χ3n) is 3.76. The summed E-state index contributed by atoms with van der Waals surface area (Å²) in [6, 6.07) is 7.09. The number of ether oxygens (including phenoxy) is 1. The van der Waals surface area contributed by atoms with Crippen molar-refractivity contribution in [3.05, 3.63) is 68.7 Å². The third-order valence-corrected chi connectivity index (χ3v) is 3.97. The Balaban J connectivity index is 1.68. The molecule has 140 valence electrons. The first kappa shape index (κ1) is 18.7. The number of nitrogens with one attached hydrogen (secondary N) is 3. The summed E-state index contributed by atoms with van der Waals surface area (Å²) >= 11 is 4.92. The predicted octanol–water partition coefficient (Wildman–Crippen LogP) is 3.06. The van der Waals surface area contributed by atoms with Gasteiger partial charge in [0.15, 0.2) is 16.3 Å². The molecule has 3 rings (SSSR count). The minimum atomic E-state index is -0.816. The summed E-state index contributed by atoms with van der Waals surface area (Å²) in [5.41, 5.74) is 0.413. The van der Waals surface area contributed by atoms with Gasteiger partial charge in [0.1, 0.15) is 12.4 Å². The molecule has 1 heterocycles. The molecule has 1 aromatic heterocycles. The molecule has 0 aliphatic heterocycles. The van der Waals surface area contributed by atoms with Gasteiger partial charge in [-0.15, -0.1) is 0 Å². The van der Waals surface area contributed by atoms with E-state index in [0.717, 1.165) is 12.1 Å².